The molecule has 1 atom stereocenters. The van der Waals surface area contributed by atoms with Crippen molar-refractivity contribution in [3.63, 3.8) is 0 Å². The van der Waals surface area contributed by atoms with Gasteiger partial charge in [0.25, 0.3) is 0 Å². The fraction of sp³-hybridized carbons (Fsp3) is 0.536. The number of carbonyl (C=O) groups excluding carboxylic acids is 1. The molecular weight excluding hydrogens is 428 g/mol. The van der Waals surface area contributed by atoms with Gasteiger partial charge in [-0.2, -0.15) is 0 Å². The molecule has 34 heavy (non-hydrogen) atoms. The third-order valence-corrected chi connectivity index (χ3v) is 7.04. The number of methoxy groups -OCH3 is 1. The van der Waals surface area contributed by atoms with Crippen molar-refractivity contribution < 1.29 is 19.0 Å². The third kappa shape index (κ3) is 6.10. The Morgan fingerprint density at radius 2 is 1.79 bits per heavy atom. The molecule has 2 aliphatic heterocycles. The monoisotopic (exact) mass is 466 g/mol. The van der Waals surface area contributed by atoms with Crippen LogP contribution in [-0.2, 0) is 16.1 Å². The number of nitrogens with zero attached hydrogens (tertiary/aromatic N) is 2. The number of carbonyl (C=O) groups is 1. The standard InChI is InChI=1S/C28H38N2O4/c1-4-33-28(31)22-12-15-30(16-13-22)14-5-17-34-25-10-11-26-23(18-25)19-29(2)20-27(26)21-6-8-24(32-3)9-7-21/h6-11,18,22,27H,4-5,12-17,19-20H2,1-3H3. The highest BCUT2D eigenvalue weighted by atomic mass is 16.5. The Labute approximate surface area is 203 Å². The molecule has 2 aromatic rings. The maximum Gasteiger partial charge on any atom is 0.309 e. The van der Waals surface area contributed by atoms with Crippen molar-refractivity contribution in [3.8, 4) is 11.5 Å². The van der Waals surface area contributed by atoms with E-state index in [4.69, 9.17) is 14.2 Å². The number of hydrogen-bond donors (Lipinski definition) is 0. The zero-order chi connectivity index (χ0) is 23.9. The van der Waals surface area contributed by atoms with Gasteiger partial charge in [0.1, 0.15) is 11.5 Å². The number of esters is 1. The molecule has 0 aromatic heterocycles. The van der Waals surface area contributed by atoms with Gasteiger partial charge in [0.2, 0.25) is 0 Å². The molecular formula is C28H38N2O4. The van der Waals surface area contributed by atoms with E-state index in [-0.39, 0.29) is 11.9 Å². The molecule has 2 aromatic carbocycles. The Morgan fingerprint density at radius 1 is 1.06 bits per heavy atom. The summed E-state index contributed by atoms with van der Waals surface area (Å²) in [5.74, 6) is 2.23. The fourth-order valence-electron chi connectivity index (χ4n) is 5.17. The number of fused-ring (bicyclic) bond motifs is 1. The van der Waals surface area contributed by atoms with Crippen LogP contribution in [-0.4, -0.2) is 69.3 Å². The van der Waals surface area contributed by atoms with Gasteiger partial charge < -0.3 is 24.0 Å². The molecule has 2 aliphatic rings. The molecule has 0 amide bonds. The van der Waals surface area contributed by atoms with E-state index >= 15 is 0 Å². The van der Waals surface area contributed by atoms with Gasteiger partial charge in [-0.1, -0.05) is 18.2 Å². The third-order valence-electron chi connectivity index (χ3n) is 7.04. The number of ether oxygens (including phenoxy) is 3. The lowest BCUT2D eigenvalue weighted by molar-refractivity contribution is -0.149. The van der Waals surface area contributed by atoms with Crippen LogP contribution in [0, 0.1) is 5.92 Å². The minimum atomic E-state index is -0.0298. The minimum absolute atomic E-state index is 0.0298. The van der Waals surface area contributed by atoms with E-state index < -0.39 is 0 Å². The van der Waals surface area contributed by atoms with Gasteiger partial charge in [-0.05, 0) is 87.3 Å². The van der Waals surface area contributed by atoms with Crippen molar-refractivity contribution in [1.29, 1.82) is 0 Å². The first-order valence-electron chi connectivity index (χ1n) is 12.5. The average molecular weight is 467 g/mol. The summed E-state index contributed by atoms with van der Waals surface area (Å²) >= 11 is 0. The SMILES string of the molecule is CCOC(=O)C1CCN(CCCOc2ccc3c(c2)CN(C)CC3c2ccc(OC)cc2)CC1. The molecule has 2 heterocycles. The fourth-order valence-corrected chi connectivity index (χ4v) is 5.17. The highest BCUT2D eigenvalue weighted by Crippen LogP contribution is 2.35. The zero-order valence-electron chi connectivity index (χ0n) is 20.8. The number of likely N-dealkylation sites (N-methyl/N-ethyl adjacent to an activating group) is 1. The maximum atomic E-state index is 11.9. The lowest BCUT2D eigenvalue weighted by atomic mass is 9.84. The van der Waals surface area contributed by atoms with Gasteiger partial charge in [-0.15, -0.1) is 0 Å². The Bertz CT molecular complexity index is 938. The summed E-state index contributed by atoms with van der Waals surface area (Å²) in [5.41, 5.74) is 4.04. The lowest BCUT2D eigenvalue weighted by Gasteiger charge is -2.33. The van der Waals surface area contributed by atoms with Gasteiger partial charge in [-0.3, -0.25) is 4.79 Å². The summed E-state index contributed by atoms with van der Waals surface area (Å²) in [6.45, 7) is 7.91. The zero-order valence-corrected chi connectivity index (χ0v) is 20.8. The van der Waals surface area contributed by atoms with Crippen LogP contribution in [0.2, 0.25) is 0 Å². The van der Waals surface area contributed by atoms with Crippen molar-refractivity contribution in [1.82, 2.24) is 9.80 Å². The Hall–Kier alpha value is -2.57. The van der Waals surface area contributed by atoms with Gasteiger partial charge in [-0.25, -0.2) is 0 Å². The van der Waals surface area contributed by atoms with E-state index in [9.17, 15) is 4.79 Å². The van der Waals surface area contributed by atoms with E-state index in [1.807, 2.05) is 19.1 Å². The van der Waals surface area contributed by atoms with Crippen LogP contribution in [0.3, 0.4) is 0 Å². The first-order valence-corrected chi connectivity index (χ1v) is 12.5. The summed E-state index contributed by atoms with van der Waals surface area (Å²) in [6.07, 6.45) is 2.77. The van der Waals surface area contributed by atoms with Crippen molar-refractivity contribution in [3.05, 3.63) is 59.2 Å². The molecule has 4 rings (SSSR count). The quantitative estimate of drug-likeness (QED) is 0.405. The van der Waals surface area contributed by atoms with Crippen LogP contribution < -0.4 is 9.47 Å². The van der Waals surface area contributed by atoms with Crippen molar-refractivity contribution in [2.45, 2.75) is 38.6 Å². The van der Waals surface area contributed by atoms with Crippen molar-refractivity contribution >= 4 is 5.97 Å². The second-order valence-electron chi connectivity index (χ2n) is 9.45. The minimum Gasteiger partial charge on any atom is -0.497 e. The van der Waals surface area contributed by atoms with Crippen LogP contribution >= 0.6 is 0 Å². The van der Waals surface area contributed by atoms with Gasteiger partial charge in [0.15, 0.2) is 0 Å². The van der Waals surface area contributed by atoms with E-state index in [1.54, 1.807) is 7.11 Å². The highest BCUT2D eigenvalue weighted by molar-refractivity contribution is 5.72. The molecule has 6 heteroatoms. The molecule has 0 spiro atoms. The number of rotatable bonds is 9. The van der Waals surface area contributed by atoms with Gasteiger partial charge >= 0.3 is 5.97 Å². The predicted octanol–water partition coefficient (Wildman–Crippen LogP) is 4.32. The number of piperidine rings is 1. The van der Waals surface area contributed by atoms with Crippen LogP contribution in [0.15, 0.2) is 42.5 Å². The largest absolute Gasteiger partial charge is 0.497 e. The molecule has 0 radical (unpaired) electrons. The van der Waals surface area contributed by atoms with Crippen LogP contribution in [0.4, 0.5) is 0 Å². The van der Waals surface area contributed by atoms with Gasteiger partial charge in [0.05, 0.1) is 26.2 Å². The van der Waals surface area contributed by atoms with E-state index in [0.717, 1.165) is 63.5 Å². The summed E-state index contributed by atoms with van der Waals surface area (Å²) in [7, 11) is 3.88. The van der Waals surface area contributed by atoms with Crippen LogP contribution in [0.5, 0.6) is 11.5 Å². The molecule has 0 bridgehead atoms. The van der Waals surface area contributed by atoms with Crippen molar-refractivity contribution in [2.24, 2.45) is 5.92 Å². The molecule has 6 nitrogen and oxygen atoms in total. The number of likely N-dealkylation sites (tertiary alicyclic amines) is 1. The Balaban J connectivity index is 1.27. The molecule has 0 aliphatic carbocycles. The maximum absolute atomic E-state index is 11.9. The predicted molar refractivity (Wildman–Crippen MR) is 134 cm³/mol. The summed E-state index contributed by atoms with van der Waals surface area (Å²) in [5, 5.41) is 0. The second-order valence-corrected chi connectivity index (χ2v) is 9.45. The summed E-state index contributed by atoms with van der Waals surface area (Å²) in [6, 6.07) is 15.0. The molecule has 1 fully saturated rings. The smallest absolute Gasteiger partial charge is 0.309 e. The first-order chi connectivity index (χ1) is 16.6. The highest BCUT2D eigenvalue weighted by Gasteiger charge is 2.26. The summed E-state index contributed by atoms with van der Waals surface area (Å²) < 4.78 is 16.6. The average Bonchev–Trinajstić information content (AvgIpc) is 2.86. The van der Waals surface area contributed by atoms with E-state index in [0.29, 0.717) is 19.1 Å². The van der Waals surface area contributed by atoms with Crippen LogP contribution in [0.25, 0.3) is 0 Å². The molecule has 1 unspecified atom stereocenters. The van der Waals surface area contributed by atoms with E-state index in [1.165, 1.54) is 16.7 Å². The van der Waals surface area contributed by atoms with Crippen LogP contribution in [0.1, 0.15) is 48.8 Å². The lowest BCUT2D eigenvalue weighted by Crippen LogP contribution is -2.37. The Kier molecular flexibility index (Phi) is 8.46. The second kappa shape index (κ2) is 11.7. The van der Waals surface area contributed by atoms with E-state index in [2.05, 4.69) is 47.2 Å². The summed E-state index contributed by atoms with van der Waals surface area (Å²) in [4.78, 5) is 16.7. The first kappa shape index (κ1) is 24.6. The molecule has 184 valence electrons. The number of benzene rings is 2. The normalized spacial score (nSPS) is 19.4. The molecule has 0 N–H and O–H groups in total. The van der Waals surface area contributed by atoms with Crippen molar-refractivity contribution in [2.75, 3.05) is 53.6 Å². The topological polar surface area (TPSA) is 51.2 Å². The number of hydrogen-bond acceptors (Lipinski definition) is 6. The Morgan fingerprint density at radius 3 is 2.50 bits per heavy atom. The molecule has 0 saturated carbocycles. The molecule has 1 saturated heterocycles. The van der Waals surface area contributed by atoms with Gasteiger partial charge in [0, 0.05) is 25.6 Å².